The van der Waals surface area contributed by atoms with Crippen LogP contribution in [0.15, 0.2) is 15.5 Å². The van der Waals surface area contributed by atoms with E-state index in [1.807, 2.05) is 6.92 Å². The predicted octanol–water partition coefficient (Wildman–Crippen LogP) is 2.56. The van der Waals surface area contributed by atoms with Crippen molar-refractivity contribution in [3.63, 3.8) is 0 Å². The summed E-state index contributed by atoms with van der Waals surface area (Å²) in [5.74, 6) is 0.678. The molecule has 0 bridgehead atoms. The van der Waals surface area contributed by atoms with Gasteiger partial charge < -0.3 is 10.2 Å². The van der Waals surface area contributed by atoms with E-state index in [1.54, 1.807) is 6.20 Å². The first-order valence-corrected chi connectivity index (χ1v) is 8.66. The number of piperidine rings is 1. The van der Waals surface area contributed by atoms with Crippen LogP contribution in [0.3, 0.4) is 0 Å². The molecule has 6 heteroatoms. The van der Waals surface area contributed by atoms with Gasteiger partial charge >= 0.3 is 0 Å². The largest absolute Gasteiger partial charge is 0.382 e. The molecule has 1 aromatic heterocycles. The third-order valence-electron chi connectivity index (χ3n) is 4.16. The second-order valence-corrected chi connectivity index (χ2v) is 6.45. The second kappa shape index (κ2) is 7.94. The van der Waals surface area contributed by atoms with Crippen molar-refractivity contribution in [2.45, 2.75) is 39.7 Å². The smallest absolute Gasteiger partial charge is 0.283 e. The highest BCUT2D eigenvalue weighted by Crippen LogP contribution is 2.20. The maximum Gasteiger partial charge on any atom is 0.283 e. The van der Waals surface area contributed by atoms with Crippen LogP contribution in [0.2, 0.25) is 0 Å². The number of anilines is 1. The van der Waals surface area contributed by atoms with Crippen LogP contribution in [0.25, 0.3) is 0 Å². The van der Waals surface area contributed by atoms with E-state index in [1.165, 1.54) is 30.6 Å². The molecule has 0 saturated carbocycles. The fraction of sp³-hybridized carbons (Fsp3) is 0.733. The number of likely N-dealkylation sites (tertiary alicyclic amines) is 1. The van der Waals surface area contributed by atoms with Crippen molar-refractivity contribution in [1.29, 1.82) is 0 Å². The summed E-state index contributed by atoms with van der Waals surface area (Å²) in [5.41, 5.74) is 0.757. The Bertz CT molecular complexity index is 509. The van der Waals surface area contributed by atoms with E-state index < -0.39 is 0 Å². The van der Waals surface area contributed by atoms with Crippen molar-refractivity contribution >= 4 is 21.6 Å². The van der Waals surface area contributed by atoms with Gasteiger partial charge in [-0.2, -0.15) is 5.10 Å². The van der Waals surface area contributed by atoms with Gasteiger partial charge in [0, 0.05) is 13.1 Å². The van der Waals surface area contributed by atoms with Gasteiger partial charge in [-0.05, 0) is 60.7 Å². The van der Waals surface area contributed by atoms with Crippen LogP contribution < -0.4 is 10.9 Å². The molecule has 0 spiro atoms. The fourth-order valence-corrected chi connectivity index (χ4v) is 3.17. The molecule has 118 valence electrons. The van der Waals surface area contributed by atoms with E-state index in [-0.39, 0.29) is 5.56 Å². The molecule has 0 amide bonds. The summed E-state index contributed by atoms with van der Waals surface area (Å²) in [5, 5.41) is 7.61. The van der Waals surface area contributed by atoms with Crippen molar-refractivity contribution in [2.75, 3.05) is 31.5 Å². The Morgan fingerprint density at radius 1 is 1.38 bits per heavy atom. The van der Waals surface area contributed by atoms with Gasteiger partial charge in [0.05, 0.1) is 11.9 Å². The number of aromatic nitrogens is 2. The van der Waals surface area contributed by atoms with Gasteiger partial charge in [-0.25, -0.2) is 4.68 Å². The minimum Gasteiger partial charge on any atom is -0.382 e. The number of nitrogens with zero attached hydrogens (tertiary/aromatic N) is 3. The summed E-state index contributed by atoms with van der Waals surface area (Å²) in [6.45, 7) is 9.33. The predicted molar refractivity (Wildman–Crippen MR) is 89.8 cm³/mol. The van der Waals surface area contributed by atoms with Gasteiger partial charge in [0.1, 0.15) is 4.47 Å². The van der Waals surface area contributed by atoms with Crippen LogP contribution in [-0.2, 0) is 6.54 Å². The van der Waals surface area contributed by atoms with Crippen LogP contribution in [0.5, 0.6) is 0 Å². The van der Waals surface area contributed by atoms with Gasteiger partial charge in [0.2, 0.25) is 0 Å². The summed E-state index contributed by atoms with van der Waals surface area (Å²) in [6.07, 6.45) is 5.10. The number of rotatable bonds is 6. The van der Waals surface area contributed by atoms with E-state index in [0.717, 1.165) is 25.2 Å². The van der Waals surface area contributed by atoms with E-state index in [4.69, 9.17) is 0 Å². The molecule has 2 rings (SSSR count). The Hall–Kier alpha value is -0.880. The van der Waals surface area contributed by atoms with Crippen LogP contribution in [0, 0.1) is 5.92 Å². The van der Waals surface area contributed by atoms with Crippen LogP contribution >= 0.6 is 15.9 Å². The van der Waals surface area contributed by atoms with Crippen molar-refractivity contribution in [3.8, 4) is 0 Å². The Labute approximate surface area is 134 Å². The SMILES string of the molecule is CCCn1ncc(NCC2CCN(CC)CC2)c(Br)c1=O. The lowest BCUT2D eigenvalue weighted by Crippen LogP contribution is -2.35. The first-order chi connectivity index (χ1) is 10.2. The topological polar surface area (TPSA) is 50.2 Å². The summed E-state index contributed by atoms with van der Waals surface area (Å²) >= 11 is 3.40. The molecule has 0 aromatic carbocycles. The molecular formula is C15H25BrN4O. The van der Waals surface area contributed by atoms with Crippen molar-refractivity contribution < 1.29 is 0 Å². The minimum atomic E-state index is -0.0531. The monoisotopic (exact) mass is 356 g/mol. The number of nitrogens with one attached hydrogen (secondary N) is 1. The number of aryl methyl sites for hydroxylation is 1. The lowest BCUT2D eigenvalue weighted by Gasteiger charge is -2.31. The molecule has 1 saturated heterocycles. The van der Waals surface area contributed by atoms with Crippen LogP contribution in [0.4, 0.5) is 5.69 Å². The Kier molecular flexibility index (Phi) is 6.23. The Morgan fingerprint density at radius 2 is 2.10 bits per heavy atom. The molecule has 1 aromatic rings. The first-order valence-electron chi connectivity index (χ1n) is 7.87. The van der Waals surface area contributed by atoms with Crippen LogP contribution in [-0.4, -0.2) is 40.9 Å². The molecule has 21 heavy (non-hydrogen) atoms. The second-order valence-electron chi connectivity index (χ2n) is 5.66. The van der Waals surface area contributed by atoms with Crippen molar-refractivity contribution in [3.05, 3.63) is 21.0 Å². The zero-order valence-corrected chi connectivity index (χ0v) is 14.5. The number of hydrogen-bond acceptors (Lipinski definition) is 4. The van der Waals surface area contributed by atoms with Gasteiger partial charge in [0.15, 0.2) is 0 Å². The van der Waals surface area contributed by atoms with Gasteiger partial charge in [-0.1, -0.05) is 13.8 Å². The lowest BCUT2D eigenvalue weighted by atomic mass is 9.97. The Morgan fingerprint density at radius 3 is 2.71 bits per heavy atom. The van der Waals surface area contributed by atoms with Crippen molar-refractivity contribution in [2.24, 2.45) is 5.92 Å². The average molecular weight is 357 g/mol. The zero-order chi connectivity index (χ0) is 15.2. The summed E-state index contributed by atoms with van der Waals surface area (Å²) < 4.78 is 2.10. The summed E-state index contributed by atoms with van der Waals surface area (Å²) in [4.78, 5) is 14.6. The molecular weight excluding hydrogens is 332 g/mol. The van der Waals surface area contributed by atoms with E-state index in [2.05, 4.69) is 38.2 Å². The third-order valence-corrected chi connectivity index (χ3v) is 4.92. The van der Waals surface area contributed by atoms with Gasteiger partial charge in [0.25, 0.3) is 5.56 Å². The quantitative estimate of drug-likeness (QED) is 0.850. The zero-order valence-electron chi connectivity index (χ0n) is 12.9. The molecule has 0 unspecified atom stereocenters. The lowest BCUT2D eigenvalue weighted by molar-refractivity contribution is 0.198. The normalized spacial score (nSPS) is 17.1. The highest BCUT2D eigenvalue weighted by molar-refractivity contribution is 9.10. The average Bonchev–Trinajstić information content (AvgIpc) is 2.52. The maximum absolute atomic E-state index is 12.1. The molecule has 5 nitrogen and oxygen atoms in total. The molecule has 0 aliphatic carbocycles. The molecule has 0 atom stereocenters. The molecule has 0 radical (unpaired) electrons. The maximum atomic E-state index is 12.1. The fourth-order valence-electron chi connectivity index (χ4n) is 2.72. The van der Waals surface area contributed by atoms with Crippen LogP contribution in [0.1, 0.15) is 33.1 Å². The minimum absolute atomic E-state index is 0.0531. The van der Waals surface area contributed by atoms with Gasteiger partial charge in [-0.3, -0.25) is 4.79 Å². The van der Waals surface area contributed by atoms with Gasteiger partial charge in [-0.15, -0.1) is 0 Å². The number of halogens is 1. The molecule has 2 heterocycles. The Balaban J connectivity index is 1.92. The molecule has 1 aliphatic heterocycles. The first kappa shape index (κ1) is 16.5. The number of hydrogen-bond donors (Lipinski definition) is 1. The van der Waals surface area contributed by atoms with E-state index in [9.17, 15) is 4.79 Å². The van der Waals surface area contributed by atoms with Crippen molar-refractivity contribution in [1.82, 2.24) is 14.7 Å². The van der Waals surface area contributed by atoms with E-state index in [0.29, 0.717) is 16.9 Å². The highest BCUT2D eigenvalue weighted by atomic mass is 79.9. The molecule has 1 fully saturated rings. The summed E-state index contributed by atoms with van der Waals surface area (Å²) in [6, 6.07) is 0. The molecule has 1 aliphatic rings. The summed E-state index contributed by atoms with van der Waals surface area (Å²) in [7, 11) is 0. The highest BCUT2D eigenvalue weighted by Gasteiger charge is 2.18. The molecule has 1 N–H and O–H groups in total. The third kappa shape index (κ3) is 4.30. The standard InChI is InChI=1S/C15H25BrN4O/c1-3-7-20-15(21)14(16)13(11-18-20)17-10-12-5-8-19(4-2)9-6-12/h11-12,17H,3-10H2,1-2H3. The van der Waals surface area contributed by atoms with E-state index >= 15 is 0 Å².